The molecule has 2 aromatic carbocycles. The second-order valence-electron chi connectivity index (χ2n) is 7.39. The van der Waals surface area contributed by atoms with Gasteiger partial charge in [-0.3, -0.25) is 14.4 Å². The van der Waals surface area contributed by atoms with Gasteiger partial charge < -0.3 is 18.1 Å². The third-order valence-electron chi connectivity index (χ3n) is 4.85. The van der Waals surface area contributed by atoms with E-state index in [0.29, 0.717) is 60.0 Å². The molecule has 0 bridgehead atoms. The van der Waals surface area contributed by atoms with E-state index >= 15 is 0 Å². The van der Waals surface area contributed by atoms with Crippen LogP contribution in [0.5, 0.6) is 23.0 Å². The summed E-state index contributed by atoms with van der Waals surface area (Å²) in [5.41, 5.74) is 1.34. The second-order valence-corrected chi connectivity index (χ2v) is 7.70. The average molecular weight is 521 g/mol. The molecule has 0 saturated carbocycles. The fourth-order valence-electron chi connectivity index (χ4n) is 2.95. The summed E-state index contributed by atoms with van der Waals surface area (Å²) in [6.45, 7) is 2.14. The molecule has 0 amide bonds. The summed E-state index contributed by atoms with van der Waals surface area (Å²) in [5, 5.41) is 0. The molecule has 0 aliphatic rings. The number of Topliss-reactive ketones (excluding diaryl/α,β-unsaturated/α-hetero) is 1. The van der Waals surface area contributed by atoms with Crippen LogP contribution in [0, 0.1) is 0 Å². The Morgan fingerprint density at radius 2 is 1.37 bits per heavy atom. The Kier molecular flexibility index (Phi) is 11.9. The largest absolute Gasteiger partial charge is 0.493 e. The van der Waals surface area contributed by atoms with Crippen LogP contribution in [0.15, 0.2) is 48.6 Å². The SMILES string of the molecule is CCC(=O)CCCOc1cc(/C=C/C(=O)CC(=O)/C=C/c2ccc(OCl)c(OC)c2)ccc1OCl. The molecule has 0 aromatic heterocycles. The summed E-state index contributed by atoms with van der Waals surface area (Å²) in [5.74, 6) is 0.925. The Morgan fingerprint density at radius 3 is 1.89 bits per heavy atom. The maximum Gasteiger partial charge on any atom is 0.188 e. The van der Waals surface area contributed by atoms with E-state index in [9.17, 15) is 14.4 Å². The van der Waals surface area contributed by atoms with E-state index in [1.165, 1.54) is 19.3 Å². The number of methoxy groups -OCH3 is 1. The Balaban J connectivity index is 1.94. The maximum absolute atomic E-state index is 12.2. The van der Waals surface area contributed by atoms with Crippen molar-refractivity contribution in [2.45, 2.75) is 32.6 Å². The molecule has 186 valence electrons. The lowest BCUT2D eigenvalue weighted by Gasteiger charge is -2.10. The number of halogens is 2. The van der Waals surface area contributed by atoms with Gasteiger partial charge in [0, 0.05) is 12.8 Å². The van der Waals surface area contributed by atoms with Gasteiger partial charge in [0.15, 0.2) is 34.6 Å². The van der Waals surface area contributed by atoms with Crippen LogP contribution in [-0.4, -0.2) is 31.1 Å². The minimum atomic E-state index is -0.360. The lowest BCUT2D eigenvalue weighted by molar-refractivity contribution is -0.122. The molecule has 9 heteroatoms. The fourth-order valence-corrected chi connectivity index (χ4v) is 3.21. The monoisotopic (exact) mass is 520 g/mol. The zero-order valence-corrected chi connectivity index (χ0v) is 20.9. The molecule has 35 heavy (non-hydrogen) atoms. The molecule has 0 fully saturated rings. The van der Waals surface area contributed by atoms with Crippen LogP contribution < -0.4 is 18.1 Å². The molecule has 7 nitrogen and oxygen atoms in total. The molecule has 0 aliphatic heterocycles. The van der Waals surface area contributed by atoms with Crippen molar-refractivity contribution in [3.8, 4) is 23.0 Å². The first-order valence-electron chi connectivity index (χ1n) is 10.9. The highest BCUT2D eigenvalue weighted by Gasteiger charge is 2.09. The molecule has 2 aromatic rings. The van der Waals surface area contributed by atoms with Crippen LogP contribution in [0.25, 0.3) is 12.2 Å². The summed E-state index contributed by atoms with van der Waals surface area (Å²) < 4.78 is 20.3. The third-order valence-corrected chi connectivity index (χ3v) is 5.18. The number of rotatable bonds is 15. The third kappa shape index (κ3) is 9.47. The van der Waals surface area contributed by atoms with Crippen molar-refractivity contribution >= 4 is 53.2 Å². The molecule has 0 heterocycles. The van der Waals surface area contributed by atoms with Crippen LogP contribution in [0.2, 0.25) is 0 Å². The summed E-state index contributed by atoms with van der Waals surface area (Å²) in [4.78, 5) is 35.8. The van der Waals surface area contributed by atoms with Gasteiger partial charge in [-0.25, -0.2) is 0 Å². The van der Waals surface area contributed by atoms with Crippen LogP contribution in [0.3, 0.4) is 0 Å². The predicted octanol–water partition coefficient (Wildman–Crippen LogP) is 6.15. The Bertz CT molecular complexity index is 1090. The smallest absolute Gasteiger partial charge is 0.188 e. The minimum absolute atomic E-state index is 0.167. The number of hydrogen-bond acceptors (Lipinski definition) is 7. The molecule has 0 N–H and O–H groups in total. The van der Waals surface area contributed by atoms with Crippen molar-refractivity contribution in [3.05, 3.63) is 59.7 Å². The standard InChI is InChI=1S/C26H26Cl2O7/c1-3-20(29)5-4-14-33-26-16-19(9-13-24(26)35-28)7-11-22(31)17-21(30)10-6-18-8-12-23(34-27)25(15-18)32-2/h6-13,15-16H,3-5,14,17H2,1-2H3/b10-6+,11-7+. The van der Waals surface area contributed by atoms with E-state index in [2.05, 4.69) is 4.29 Å². The van der Waals surface area contributed by atoms with Crippen molar-refractivity contribution < 1.29 is 32.4 Å². The number of carbonyl (C=O) groups excluding carboxylic acids is 3. The van der Waals surface area contributed by atoms with Gasteiger partial charge in [-0.2, -0.15) is 0 Å². The van der Waals surface area contributed by atoms with E-state index in [1.807, 2.05) is 6.92 Å². The first-order valence-corrected chi connectivity index (χ1v) is 11.5. The lowest BCUT2D eigenvalue weighted by atomic mass is 10.1. The Morgan fingerprint density at radius 1 is 0.829 bits per heavy atom. The Labute approximate surface area is 214 Å². The first kappa shape index (κ1) is 28.0. The highest BCUT2D eigenvalue weighted by molar-refractivity contribution is 6.11. The van der Waals surface area contributed by atoms with Crippen molar-refractivity contribution in [3.63, 3.8) is 0 Å². The normalized spacial score (nSPS) is 11.0. The van der Waals surface area contributed by atoms with Crippen molar-refractivity contribution in [1.82, 2.24) is 0 Å². The van der Waals surface area contributed by atoms with Crippen molar-refractivity contribution in [1.29, 1.82) is 0 Å². The predicted molar refractivity (Wildman–Crippen MR) is 135 cm³/mol. The van der Waals surface area contributed by atoms with Crippen LogP contribution in [-0.2, 0) is 14.4 Å². The molecule has 0 aliphatic carbocycles. The summed E-state index contributed by atoms with van der Waals surface area (Å²) in [6.07, 6.45) is 7.00. The van der Waals surface area contributed by atoms with Gasteiger partial charge >= 0.3 is 0 Å². The molecule has 0 atom stereocenters. The van der Waals surface area contributed by atoms with Crippen LogP contribution in [0.4, 0.5) is 0 Å². The van der Waals surface area contributed by atoms with Crippen molar-refractivity contribution in [2.75, 3.05) is 13.7 Å². The second kappa shape index (κ2) is 14.9. The molecule has 2 rings (SSSR count). The van der Waals surface area contributed by atoms with E-state index in [-0.39, 0.29) is 23.8 Å². The van der Waals surface area contributed by atoms with Gasteiger partial charge in [0.1, 0.15) is 29.5 Å². The molecule has 0 radical (unpaired) electrons. The Hall–Kier alpha value is -3.29. The van der Waals surface area contributed by atoms with Gasteiger partial charge in [0.05, 0.1) is 20.1 Å². The highest BCUT2D eigenvalue weighted by Crippen LogP contribution is 2.30. The fraction of sp³-hybridized carbons (Fsp3) is 0.269. The number of ketones is 3. The molecule has 0 spiro atoms. The van der Waals surface area contributed by atoms with E-state index < -0.39 is 0 Å². The van der Waals surface area contributed by atoms with E-state index in [0.717, 1.165) is 0 Å². The van der Waals surface area contributed by atoms with Crippen LogP contribution in [0.1, 0.15) is 43.7 Å². The van der Waals surface area contributed by atoms with Crippen LogP contribution >= 0.6 is 23.7 Å². The maximum atomic E-state index is 12.2. The van der Waals surface area contributed by atoms with E-state index in [4.69, 9.17) is 37.5 Å². The molecular weight excluding hydrogens is 495 g/mol. The summed E-state index contributed by atoms with van der Waals surface area (Å²) in [7, 11) is 1.47. The highest BCUT2D eigenvalue weighted by atomic mass is 35.5. The average Bonchev–Trinajstić information content (AvgIpc) is 2.88. The molecular formula is C26H26Cl2O7. The number of allylic oxidation sites excluding steroid dienone is 2. The first-order chi connectivity index (χ1) is 16.9. The van der Waals surface area contributed by atoms with Gasteiger partial charge in [0.2, 0.25) is 0 Å². The number of benzene rings is 2. The van der Waals surface area contributed by atoms with Gasteiger partial charge in [-0.15, -0.1) is 0 Å². The molecule has 0 saturated heterocycles. The molecule has 0 unspecified atom stereocenters. The topological polar surface area (TPSA) is 88.1 Å². The minimum Gasteiger partial charge on any atom is -0.493 e. The van der Waals surface area contributed by atoms with Gasteiger partial charge in [-0.05, 0) is 54.0 Å². The quantitative estimate of drug-likeness (QED) is 0.158. The summed E-state index contributed by atoms with van der Waals surface area (Å²) >= 11 is 10.9. The lowest BCUT2D eigenvalue weighted by Crippen LogP contribution is -2.03. The zero-order chi connectivity index (χ0) is 25.6. The van der Waals surface area contributed by atoms with Gasteiger partial charge in [-0.1, -0.05) is 31.2 Å². The van der Waals surface area contributed by atoms with Crippen molar-refractivity contribution in [2.24, 2.45) is 0 Å². The zero-order valence-electron chi connectivity index (χ0n) is 19.4. The number of ether oxygens (including phenoxy) is 2. The summed E-state index contributed by atoms with van der Waals surface area (Å²) in [6, 6.07) is 9.91. The number of hydrogen-bond donors (Lipinski definition) is 0. The van der Waals surface area contributed by atoms with Gasteiger partial charge in [0.25, 0.3) is 0 Å². The number of carbonyl (C=O) groups is 3. The van der Waals surface area contributed by atoms with E-state index in [1.54, 1.807) is 48.6 Å².